The quantitative estimate of drug-likeness (QED) is 0.757. The minimum Gasteiger partial charge on any atom is -0.382 e. The molecule has 136 valence electrons. The number of fused-ring (bicyclic) bond motifs is 1. The topological polar surface area (TPSA) is 82.2 Å². The van der Waals surface area contributed by atoms with Crippen LogP contribution in [0.15, 0.2) is 24.3 Å². The monoisotopic (exact) mass is 344 g/mol. The number of nitrogens with zero attached hydrogens (tertiary/aromatic N) is 2. The van der Waals surface area contributed by atoms with E-state index in [1.807, 2.05) is 31.2 Å². The fourth-order valence-corrected chi connectivity index (χ4v) is 3.54. The van der Waals surface area contributed by atoms with Crippen LogP contribution in [0, 0.1) is 5.92 Å². The van der Waals surface area contributed by atoms with Crippen LogP contribution in [0.25, 0.3) is 11.0 Å². The number of rotatable bonds is 7. The molecule has 0 spiro atoms. The van der Waals surface area contributed by atoms with Crippen LogP contribution < -0.4 is 11.1 Å². The van der Waals surface area contributed by atoms with Gasteiger partial charge in [-0.15, -0.1) is 0 Å². The first-order valence-corrected chi connectivity index (χ1v) is 9.28. The molecule has 1 fully saturated rings. The van der Waals surface area contributed by atoms with Crippen LogP contribution in [-0.2, 0) is 16.1 Å². The molecule has 1 aromatic heterocycles. The van der Waals surface area contributed by atoms with Gasteiger partial charge in [0.05, 0.1) is 11.0 Å². The molecule has 25 heavy (non-hydrogen) atoms. The van der Waals surface area contributed by atoms with E-state index in [0.29, 0.717) is 12.6 Å². The maximum Gasteiger partial charge on any atom is 0.229 e. The van der Waals surface area contributed by atoms with Crippen molar-refractivity contribution >= 4 is 22.9 Å². The van der Waals surface area contributed by atoms with Gasteiger partial charge in [0.25, 0.3) is 0 Å². The smallest absolute Gasteiger partial charge is 0.229 e. The van der Waals surface area contributed by atoms with Gasteiger partial charge in [-0.25, -0.2) is 4.98 Å². The van der Waals surface area contributed by atoms with Crippen LogP contribution in [-0.4, -0.2) is 34.7 Å². The number of imidazole rings is 1. The SMILES string of the molecule is CCOCCCn1c(NC(=O)C2CCCC(N)C2)nc2ccccc21. The van der Waals surface area contributed by atoms with Gasteiger partial charge >= 0.3 is 0 Å². The lowest BCUT2D eigenvalue weighted by Gasteiger charge is -2.25. The lowest BCUT2D eigenvalue weighted by Crippen LogP contribution is -2.34. The number of ether oxygens (including phenoxy) is 1. The Hall–Kier alpha value is -1.92. The van der Waals surface area contributed by atoms with Crippen molar-refractivity contribution in [3.63, 3.8) is 0 Å². The number of hydrogen-bond acceptors (Lipinski definition) is 4. The summed E-state index contributed by atoms with van der Waals surface area (Å²) in [4.78, 5) is 17.3. The molecular weight excluding hydrogens is 316 g/mol. The maximum atomic E-state index is 12.7. The van der Waals surface area contributed by atoms with Gasteiger partial charge in [0.15, 0.2) is 0 Å². The normalized spacial score (nSPS) is 20.7. The highest BCUT2D eigenvalue weighted by molar-refractivity contribution is 5.93. The van der Waals surface area contributed by atoms with E-state index < -0.39 is 0 Å². The summed E-state index contributed by atoms with van der Waals surface area (Å²) in [5, 5.41) is 3.05. The van der Waals surface area contributed by atoms with E-state index >= 15 is 0 Å². The summed E-state index contributed by atoms with van der Waals surface area (Å²) in [7, 11) is 0. The Morgan fingerprint density at radius 1 is 1.40 bits per heavy atom. The first kappa shape index (κ1) is 17.9. The van der Waals surface area contributed by atoms with Gasteiger partial charge in [0.1, 0.15) is 0 Å². The molecule has 3 N–H and O–H groups in total. The van der Waals surface area contributed by atoms with E-state index in [1.165, 1.54) is 0 Å². The Bertz CT molecular complexity index is 713. The summed E-state index contributed by atoms with van der Waals surface area (Å²) in [6, 6.07) is 8.10. The molecule has 1 aromatic carbocycles. The molecule has 0 radical (unpaired) electrons. The van der Waals surface area contributed by atoms with E-state index in [-0.39, 0.29) is 17.9 Å². The molecule has 2 unspecified atom stereocenters. The molecule has 0 aliphatic heterocycles. The van der Waals surface area contributed by atoms with Crippen molar-refractivity contribution in [1.82, 2.24) is 9.55 Å². The molecule has 1 saturated carbocycles. The van der Waals surface area contributed by atoms with Crippen molar-refractivity contribution in [1.29, 1.82) is 0 Å². The fraction of sp³-hybridized carbons (Fsp3) is 0.579. The van der Waals surface area contributed by atoms with E-state index in [0.717, 1.165) is 56.3 Å². The molecule has 2 atom stereocenters. The number of aryl methyl sites for hydroxylation is 1. The molecule has 3 rings (SSSR count). The van der Waals surface area contributed by atoms with Crippen molar-refractivity contribution in [3.05, 3.63) is 24.3 Å². The molecule has 1 heterocycles. The van der Waals surface area contributed by atoms with Crippen molar-refractivity contribution in [2.45, 2.75) is 51.6 Å². The van der Waals surface area contributed by atoms with Crippen LogP contribution in [0.3, 0.4) is 0 Å². The number of carbonyl (C=O) groups excluding carboxylic acids is 1. The fourth-order valence-electron chi connectivity index (χ4n) is 3.54. The zero-order chi connectivity index (χ0) is 17.6. The van der Waals surface area contributed by atoms with Gasteiger partial charge in [-0.3, -0.25) is 10.1 Å². The zero-order valence-electron chi connectivity index (χ0n) is 14.9. The van der Waals surface area contributed by atoms with Crippen molar-refractivity contribution < 1.29 is 9.53 Å². The van der Waals surface area contributed by atoms with E-state index in [9.17, 15) is 4.79 Å². The molecule has 0 bridgehead atoms. The number of aromatic nitrogens is 2. The number of amides is 1. The molecule has 6 heteroatoms. The Morgan fingerprint density at radius 3 is 3.04 bits per heavy atom. The predicted molar refractivity (Wildman–Crippen MR) is 99.4 cm³/mol. The summed E-state index contributed by atoms with van der Waals surface area (Å²) in [6.45, 7) is 4.18. The van der Waals surface area contributed by atoms with Gasteiger partial charge in [0, 0.05) is 31.7 Å². The number of nitrogens with two attached hydrogens (primary N) is 1. The van der Waals surface area contributed by atoms with Crippen LogP contribution >= 0.6 is 0 Å². The van der Waals surface area contributed by atoms with Gasteiger partial charge in [-0.1, -0.05) is 18.6 Å². The maximum absolute atomic E-state index is 12.7. The summed E-state index contributed by atoms with van der Waals surface area (Å²) in [6.07, 6.45) is 4.58. The van der Waals surface area contributed by atoms with Crippen molar-refractivity contribution in [2.75, 3.05) is 18.5 Å². The number of hydrogen-bond donors (Lipinski definition) is 2. The molecule has 2 aromatic rings. The van der Waals surface area contributed by atoms with Gasteiger partial charge in [-0.2, -0.15) is 0 Å². The summed E-state index contributed by atoms with van der Waals surface area (Å²) < 4.78 is 7.52. The van der Waals surface area contributed by atoms with E-state index in [1.54, 1.807) is 0 Å². The van der Waals surface area contributed by atoms with Gasteiger partial charge < -0.3 is 15.0 Å². The zero-order valence-corrected chi connectivity index (χ0v) is 14.9. The highest BCUT2D eigenvalue weighted by Gasteiger charge is 2.26. The second-order valence-electron chi connectivity index (χ2n) is 6.74. The van der Waals surface area contributed by atoms with Crippen molar-refractivity contribution in [2.24, 2.45) is 11.7 Å². The number of carbonyl (C=O) groups is 1. The number of anilines is 1. The third-order valence-corrected chi connectivity index (χ3v) is 4.85. The first-order valence-electron chi connectivity index (χ1n) is 9.28. The number of nitrogens with one attached hydrogen (secondary N) is 1. The summed E-state index contributed by atoms with van der Waals surface area (Å²) in [5.41, 5.74) is 7.96. The molecule has 0 saturated heterocycles. The van der Waals surface area contributed by atoms with Crippen LogP contribution in [0.1, 0.15) is 39.0 Å². The Labute approximate surface area is 148 Å². The highest BCUT2D eigenvalue weighted by atomic mass is 16.5. The third kappa shape index (κ3) is 4.38. The van der Waals surface area contributed by atoms with Crippen LogP contribution in [0.5, 0.6) is 0 Å². The molecule has 1 aliphatic rings. The van der Waals surface area contributed by atoms with E-state index in [4.69, 9.17) is 10.5 Å². The second kappa shape index (κ2) is 8.45. The molecular formula is C19H28N4O2. The molecule has 1 aliphatic carbocycles. The van der Waals surface area contributed by atoms with Crippen molar-refractivity contribution in [3.8, 4) is 0 Å². The number of benzene rings is 1. The average Bonchev–Trinajstić information content (AvgIpc) is 2.96. The number of para-hydroxylation sites is 2. The highest BCUT2D eigenvalue weighted by Crippen LogP contribution is 2.26. The van der Waals surface area contributed by atoms with Crippen LogP contribution in [0.2, 0.25) is 0 Å². The van der Waals surface area contributed by atoms with Gasteiger partial charge in [-0.05, 0) is 44.7 Å². The summed E-state index contributed by atoms with van der Waals surface area (Å²) >= 11 is 0. The summed E-state index contributed by atoms with van der Waals surface area (Å²) in [5.74, 6) is 0.652. The molecule has 1 amide bonds. The predicted octanol–water partition coefficient (Wildman–Crippen LogP) is 2.92. The van der Waals surface area contributed by atoms with Gasteiger partial charge in [0.2, 0.25) is 11.9 Å². The Kier molecular flexibility index (Phi) is 6.04. The first-order chi connectivity index (χ1) is 12.2. The second-order valence-corrected chi connectivity index (χ2v) is 6.74. The lowest BCUT2D eigenvalue weighted by molar-refractivity contribution is -0.121. The van der Waals surface area contributed by atoms with E-state index in [2.05, 4.69) is 14.9 Å². The Balaban J connectivity index is 1.76. The lowest BCUT2D eigenvalue weighted by atomic mass is 9.85. The molecule has 6 nitrogen and oxygen atoms in total. The largest absolute Gasteiger partial charge is 0.382 e. The minimum atomic E-state index is -0.0135. The Morgan fingerprint density at radius 2 is 2.24 bits per heavy atom. The average molecular weight is 344 g/mol. The minimum absolute atomic E-state index is 0.0135. The third-order valence-electron chi connectivity index (χ3n) is 4.85. The standard InChI is InChI=1S/C19H28N4O2/c1-2-25-12-6-11-23-17-10-4-3-9-16(17)21-19(23)22-18(24)14-7-5-8-15(20)13-14/h3-4,9-10,14-15H,2,5-8,11-13,20H2,1H3,(H,21,22,24). The van der Waals surface area contributed by atoms with Crippen LogP contribution in [0.4, 0.5) is 5.95 Å².